The normalized spacial score (nSPS) is 20.0. The summed E-state index contributed by atoms with van der Waals surface area (Å²) in [6, 6.07) is 3.78. The number of nitrogens with one attached hydrogen (secondary N) is 2. The number of alkyl halides is 3. The fourth-order valence-electron chi connectivity index (χ4n) is 3.11. The van der Waals surface area contributed by atoms with Gasteiger partial charge in [-0.1, -0.05) is 0 Å². The molecule has 1 atom stereocenters. The molecule has 2 aromatic rings. The van der Waals surface area contributed by atoms with Crippen LogP contribution in [0.5, 0.6) is 5.75 Å². The van der Waals surface area contributed by atoms with E-state index < -0.39 is 33.1 Å². The molecular formula is C17H21F3N4O5S. The van der Waals surface area contributed by atoms with Crippen LogP contribution in [0.3, 0.4) is 0 Å². The monoisotopic (exact) mass is 450 g/mol. The molecule has 0 amide bonds. The molecule has 0 radical (unpaired) electrons. The van der Waals surface area contributed by atoms with E-state index in [1.165, 1.54) is 12.1 Å². The largest absolute Gasteiger partial charge is 0.487 e. The van der Waals surface area contributed by atoms with Gasteiger partial charge in [-0.25, -0.2) is 4.98 Å². The molecule has 1 aliphatic rings. The maximum absolute atomic E-state index is 12.7. The predicted molar refractivity (Wildman–Crippen MR) is 105 cm³/mol. The van der Waals surface area contributed by atoms with Crippen molar-refractivity contribution in [2.24, 2.45) is 0 Å². The van der Waals surface area contributed by atoms with Crippen LogP contribution >= 0.6 is 10.6 Å². The van der Waals surface area contributed by atoms with Gasteiger partial charge in [-0.05, 0) is 25.0 Å². The molecule has 1 aliphatic heterocycles. The third kappa shape index (κ3) is 5.22. The molecular weight excluding hydrogens is 429 g/mol. The molecule has 0 bridgehead atoms. The lowest BCUT2D eigenvalue weighted by Gasteiger charge is -2.44. The number of H-pyrrole nitrogens is 1. The molecule has 0 aliphatic carbocycles. The molecule has 3 rings (SSSR count). The van der Waals surface area contributed by atoms with Gasteiger partial charge in [-0.15, -0.1) is 0 Å². The van der Waals surface area contributed by atoms with E-state index in [0.29, 0.717) is 37.9 Å². The van der Waals surface area contributed by atoms with Gasteiger partial charge in [0.15, 0.2) is 5.75 Å². The Kier molecular flexibility index (Phi) is 6.55. The van der Waals surface area contributed by atoms with Crippen LogP contribution in [-0.2, 0) is 6.18 Å². The summed E-state index contributed by atoms with van der Waals surface area (Å²) in [7, 11) is -2.65. The highest BCUT2D eigenvalue weighted by molar-refractivity contribution is 8.24. The number of nitrogens with zero attached hydrogens (tertiary/aromatic N) is 2. The van der Waals surface area contributed by atoms with Gasteiger partial charge in [0.2, 0.25) is 0 Å². The first-order valence-corrected chi connectivity index (χ1v) is 10.8. The molecule has 13 heteroatoms. The van der Waals surface area contributed by atoms with E-state index in [0.717, 1.165) is 6.07 Å². The number of hydrogen-bond acceptors (Lipinski definition) is 7. The number of aromatic nitrogens is 2. The Labute approximate surface area is 171 Å². The first-order valence-electron chi connectivity index (χ1n) is 9.07. The molecule has 9 nitrogen and oxygen atoms in total. The van der Waals surface area contributed by atoms with E-state index in [1.54, 1.807) is 0 Å². The van der Waals surface area contributed by atoms with E-state index in [2.05, 4.69) is 15.3 Å². The van der Waals surface area contributed by atoms with Crippen LogP contribution in [-0.4, -0.2) is 54.7 Å². The maximum atomic E-state index is 12.7. The Bertz CT molecular complexity index is 906. The number of aromatic amines is 1. The van der Waals surface area contributed by atoms with Gasteiger partial charge in [-0.2, -0.15) is 23.8 Å². The van der Waals surface area contributed by atoms with Crippen molar-refractivity contribution in [1.29, 1.82) is 0 Å². The van der Waals surface area contributed by atoms with Crippen molar-refractivity contribution in [3.63, 3.8) is 0 Å². The second kappa shape index (κ2) is 8.79. The Balaban J connectivity index is 1.65. The molecule has 1 fully saturated rings. The number of hydrogen-bond donors (Lipinski definition) is 4. The minimum Gasteiger partial charge on any atom is -0.487 e. The third-order valence-corrected chi connectivity index (χ3v) is 7.00. The summed E-state index contributed by atoms with van der Waals surface area (Å²) in [6.45, 7) is 1.15. The van der Waals surface area contributed by atoms with E-state index in [9.17, 15) is 32.4 Å². The van der Waals surface area contributed by atoms with Crippen LogP contribution in [0.25, 0.3) is 11.4 Å². The zero-order chi connectivity index (χ0) is 21.9. The average Bonchev–Trinajstić information content (AvgIpc) is 3.16. The molecule has 0 spiro atoms. The van der Waals surface area contributed by atoms with Crippen molar-refractivity contribution in [3.8, 4) is 17.1 Å². The average molecular weight is 450 g/mol. The molecule has 166 valence electrons. The fourth-order valence-corrected chi connectivity index (χ4v) is 4.82. The van der Waals surface area contributed by atoms with E-state index in [4.69, 9.17) is 4.74 Å². The number of halogens is 3. The molecule has 1 aromatic carbocycles. The minimum atomic E-state index is -4.60. The van der Waals surface area contributed by atoms with Crippen LogP contribution in [0.4, 0.5) is 18.9 Å². The zero-order valence-electron chi connectivity index (χ0n) is 15.7. The molecule has 1 saturated heterocycles. The summed E-state index contributed by atoms with van der Waals surface area (Å²) in [6.07, 6.45) is -3.05. The number of nitro groups is 1. The van der Waals surface area contributed by atoms with E-state index in [-0.39, 0.29) is 29.0 Å². The molecule has 2 heterocycles. The van der Waals surface area contributed by atoms with Gasteiger partial charge in [0.05, 0.1) is 28.7 Å². The molecule has 1 unspecified atom stereocenters. The summed E-state index contributed by atoms with van der Waals surface area (Å²) in [5, 5.41) is 14.2. The minimum absolute atomic E-state index is 0.0280. The Morgan fingerprint density at radius 3 is 2.77 bits per heavy atom. The van der Waals surface area contributed by atoms with Gasteiger partial charge in [0, 0.05) is 24.7 Å². The molecule has 30 heavy (non-hydrogen) atoms. The van der Waals surface area contributed by atoms with Crippen molar-refractivity contribution < 1.29 is 31.9 Å². The smallest absolute Gasteiger partial charge is 0.432 e. The lowest BCUT2D eigenvalue weighted by Crippen LogP contribution is -2.41. The Morgan fingerprint density at radius 2 is 2.13 bits per heavy atom. The summed E-state index contributed by atoms with van der Waals surface area (Å²) in [5.74, 6) is 0.126. The van der Waals surface area contributed by atoms with Gasteiger partial charge >= 0.3 is 11.9 Å². The highest BCUT2D eigenvalue weighted by Crippen LogP contribution is 2.46. The van der Waals surface area contributed by atoms with Gasteiger partial charge < -0.3 is 15.0 Å². The lowest BCUT2D eigenvalue weighted by atomic mass is 10.1. The highest BCUT2D eigenvalue weighted by atomic mass is 32.3. The second-order valence-corrected chi connectivity index (χ2v) is 9.33. The number of benzene rings is 1. The summed E-state index contributed by atoms with van der Waals surface area (Å²) in [5.41, 5.74) is -1.34. The number of imidazole rings is 1. The van der Waals surface area contributed by atoms with E-state index >= 15 is 0 Å². The second-order valence-electron chi connectivity index (χ2n) is 6.82. The van der Waals surface area contributed by atoms with Gasteiger partial charge in [0.25, 0.3) is 0 Å². The van der Waals surface area contributed by atoms with E-state index in [1.807, 2.05) is 0 Å². The number of ether oxygens (including phenoxy) is 1. The summed E-state index contributed by atoms with van der Waals surface area (Å²) >= 11 is 0. The Hall–Kier alpha value is -2.35. The third-order valence-electron chi connectivity index (χ3n) is 4.72. The molecule has 4 N–H and O–H groups in total. The topological polar surface area (TPSA) is 134 Å². The van der Waals surface area contributed by atoms with Crippen molar-refractivity contribution in [1.82, 2.24) is 15.3 Å². The first-order chi connectivity index (χ1) is 14.1. The molecule has 0 saturated carbocycles. The van der Waals surface area contributed by atoms with Crippen molar-refractivity contribution in [2.45, 2.75) is 24.3 Å². The molecule has 1 aromatic heterocycles. The number of rotatable bonds is 7. The van der Waals surface area contributed by atoms with Gasteiger partial charge in [0.1, 0.15) is 11.5 Å². The van der Waals surface area contributed by atoms with Crippen LogP contribution in [0.15, 0.2) is 24.4 Å². The predicted octanol–water partition coefficient (Wildman–Crippen LogP) is 3.89. The highest BCUT2D eigenvalue weighted by Gasteiger charge is 2.33. The lowest BCUT2D eigenvalue weighted by molar-refractivity contribution is -0.385. The number of nitro benzene ring substituents is 1. The fraction of sp³-hybridized carbons (Fsp3) is 0.471. The quantitative estimate of drug-likeness (QED) is 0.286. The standard InChI is InChI=1S/C17H21F3N4O5S/c18-17(19,20)15-10-22-16(23-15)11-3-4-14(13(8-11)24(25)26)29-6-1-2-12-9-21-5-7-30(12,27)28/h3-4,8,10,12,21,27-28H,1-2,5-7,9H2,(H,22,23). The summed E-state index contributed by atoms with van der Waals surface area (Å²) < 4.78 is 63.7. The Morgan fingerprint density at radius 1 is 1.37 bits per heavy atom. The van der Waals surface area contributed by atoms with Crippen molar-refractivity contribution in [3.05, 3.63) is 40.2 Å². The van der Waals surface area contributed by atoms with Crippen LogP contribution in [0, 0.1) is 10.1 Å². The summed E-state index contributed by atoms with van der Waals surface area (Å²) in [4.78, 5) is 16.4. The van der Waals surface area contributed by atoms with Gasteiger partial charge in [-0.3, -0.25) is 19.2 Å². The van der Waals surface area contributed by atoms with Crippen molar-refractivity contribution >= 4 is 16.3 Å². The zero-order valence-corrected chi connectivity index (χ0v) is 16.5. The maximum Gasteiger partial charge on any atom is 0.432 e. The SMILES string of the molecule is O=[N+]([O-])c1cc(-c2ncc(C(F)(F)F)[nH]2)ccc1OCCCC1CNCCS1(O)O. The van der Waals surface area contributed by atoms with Crippen LogP contribution in [0.2, 0.25) is 0 Å². The van der Waals surface area contributed by atoms with Crippen LogP contribution < -0.4 is 10.1 Å². The first kappa shape index (κ1) is 22.3. The van der Waals surface area contributed by atoms with Crippen LogP contribution in [0.1, 0.15) is 18.5 Å². The van der Waals surface area contributed by atoms with Crippen molar-refractivity contribution in [2.75, 3.05) is 25.4 Å².